The first-order chi connectivity index (χ1) is 14.9. The van der Waals surface area contributed by atoms with Gasteiger partial charge in [-0.3, -0.25) is 15.6 Å². The first-order valence-corrected chi connectivity index (χ1v) is 8.72. The highest BCUT2D eigenvalue weighted by Crippen LogP contribution is 2.27. The Morgan fingerprint density at radius 2 is 1.65 bits per heavy atom. The number of hydrogen-bond donors (Lipinski definition) is 4. The van der Waals surface area contributed by atoms with E-state index in [9.17, 15) is 14.4 Å². The van der Waals surface area contributed by atoms with E-state index >= 15 is 0 Å². The minimum atomic E-state index is -0.646. The molecule has 0 atom stereocenters. The molecule has 0 bridgehead atoms. The Balaban J connectivity index is 1.84. The average molecular weight is 426 g/mol. The number of nitrogens with one attached hydrogen (secondary N) is 3. The molecule has 31 heavy (non-hydrogen) atoms. The predicted molar refractivity (Wildman–Crippen MR) is 109 cm³/mol. The molecule has 12 heteroatoms. The Morgan fingerprint density at radius 3 is 2.23 bits per heavy atom. The van der Waals surface area contributed by atoms with E-state index < -0.39 is 17.8 Å². The summed E-state index contributed by atoms with van der Waals surface area (Å²) in [5, 5.41) is 2.90. The van der Waals surface area contributed by atoms with Crippen LogP contribution in [0.1, 0.15) is 31.3 Å². The van der Waals surface area contributed by atoms with Gasteiger partial charge in [0.25, 0.3) is 0 Å². The van der Waals surface area contributed by atoms with Gasteiger partial charge in [-0.15, -0.1) is 0 Å². The number of nitrogen functional groups attached to an aromatic ring is 1. The number of nitrogens with zero attached hydrogens (tertiary/aromatic N) is 2. The lowest BCUT2D eigenvalue weighted by Gasteiger charge is -2.14. The van der Waals surface area contributed by atoms with E-state index in [-0.39, 0.29) is 34.2 Å². The number of furan rings is 1. The van der Waals surface area contributed by atoms with Crippen molar-refractivity contribution in [3.63, 3.8) is 0 Å². The molecule has 12 nitrogen and oxygen atoms in total. The molecule has 2 aromatic heterocycles. The normalized spacial score (nSPS) is 10.1. The van der Waals surface area contributed by atoms with Crippen LogP contribution >= 0.6 is 0 Å². The van der Waals surface area contributed by atoms with E-state index in [0.717, 1.165) is 0 Å². The summed E-state index contributed by atoms with van der Waals surface area (Å²) in [6.45, 7) is 0. The van der Waals surface area contributed by atoms with Gasteiger partial charge >= 0.3 is 17.8 Å². The number of esters is 2. The van der Waals surface area contributed by atoms with E-state index in [1.54, 1.807) is 6.07 Å². The topological polar surface area (TPSA) is 171 Å². The number of aromatic nitrogens is 2. The largest absolute Gasteiger partial charge is 0.465 e. The third-order valence-electron chi connectivity index (χ3n) is 3.96. The zero-order valence-electron chi connectivity index (χ0n) is 16.5. The van der Waals surface area contributed by atoms with E-state index in [0.29, 0.717) is 5.69 Å². The molecular weight excluding hydrogens is 408 g/mol. The van der Waals surface area contributed by atoms with Gasteiger partial charge < -0.3 is 24.9 Å². The number of hydrogen-bond acceptors (Lipinski definition) is 11. The molecular formula is C19H18N6O6. The first-order valence-electron chi connectivity index (χ1n) is 8.72. The molecule has 0 spiro atoms. The van der Waals surface area contributed by atoms with Crippen LogP contribution in [0.25, 0.3) is 0 Å². The lowest BCUT2D eigenvalue weighted by Crippen LogP contribution is -2.30. The second-order valence-electron chi connectivity index (χ2n) is 5.95. The summed E-state index contributed by atoms with van der Waals surface area (Å²) in [5.41, 5.74) is 11.7. The van der Waals surface area contributed by atoms with E-state index in [2.05, 4.69) is 26.1 Å². The van der Waals surface area contributed by atoms with Gasteiger partial charge in [-0.25, -0.2) is 19.6 Å². The Bertz CT molecular complexity index is 1080. The molecule has 1 aromatic carbocycles. The van der Waals surface area contributed by atoms with Crippen LogP contribution in [0.4, 0.5) is 23.0 Å². The fourth-order valence-electron chi connectivity index (χ4n) is 2.49. The van der Waals surface area contributed by atoms with E-state index in [1.165, 1.54) is 51.1 Å². The Labute approximate surface area is 175 Å². The molecule has 0 aliphatic rings. The van der Waals surface area contributed by atoms with Gasteiger partial charge in [0.1, 0.15) is 12.0 Å². The number of amides is 1. The highest BCUT2D eigenvalue weighted by molar-refractivity contribution is 5.97. The first kappa shape index (κ1) is 21.1. The number of nitrogens with two attached hydrogens (primary N) is 1. The highest BCUT2D eigenvalue weighted by Gasteiger charge is 2.16. The van der Waals surface area contributed by atoms with Crippen molar-refractivity contribution in [2.24, 2.45) is 0 Å². The fraction of sp³-hybridized carbons (Fsp3) is 0.105. The molecule has 0 radical (unpaired) electrons. The number of benzene rings is 1. The van der Waals surface area contributed by atoms with Crippen LogP contribution in [0, 0.1) is 0 Å². The van der Waals surface area contributed by atoms with Crippen molar-refractivity contribution in [3.8, 4) is 0 Å². The number of carbonyl (C=O) groups excluding carboxylic acids is 3. The number of rotatable bonds is 7. The average Bonchev–Trinajstić information content (AvgIpc) is 3.33. The van der Waals surface area contributed by atoms with E-state index in [4.69, 9.17) is 19.6 Å². The maximum Gasteiger partial charge on any atom is 0.337 e. The lowest BCUT2D eigenvalue weighted by atomic mass is 10.1. The van der Waals surface area contributed by atoms with Crippen molar-refractivity contribution in [2.75, 3.05) is 30.7 Å². The monoisotopic (exact) mass is 426 g/mol. The summed E-state index contributed by atoms with van der Waals surface area (Å²) >= 11 is 0. The van der Waals surface area contributed by atoms with Gasteiger partial charge in [-0.1, -0.05) is 0 Å². The second-order valence-corrected chi connectivity index (χ2v) is 5.95. The maximum atomic E-state index is 12.0. The zero-order chi connectivity index (χ0) is 22.4. The predicted octanol–water partition coefficient (Wildman–Crippen LogP) is 1.73. The van der Waals surface area contributed by atoms with E-state index in [1.807, 2.05) is 0 Å². The summed E-state index contributed by atoms with van der Waals surface area (Å²) in [7, 11) is 2.44. The molecule has 0 aliphatic heterocycles. The lowest BCUT2D eigenvalue weighted by molar-refractivity contribution is 0.0599. The molecule has 5 N–H and O–H groups in total. The number of ether oxygens (including phenoxy) is 2. The standard InChI is InChI=1S/C19H18N6O6/c1-29-18(27)10-6-11(19(28)30-2)8-12(7-10)23-15-14(20)16(22-9-21-15)24-25-17(26)13-4-3-5-31-13/h3-9H,20H2,1-2H3,(H,25,26)(H2,21,22,23,24). The van der Waals surface area contributed by atoms with Gasteiger partial charge in [-0.05, 0) is 30.3 Å². The third kappa shape index (κ3) is 4.87. The van der Waals surface area contributed by atoms with Gasteiger partial charge in [0, 0.05) is 5.69 Å². The van der Waals surface area contributed by atoms with Crippen LogP contribution < -0.4 is 21.9 Å². The molecule has 0 saturated carbocycles. The van der Waals surface area contributed by atoms with Gasteiger partial charge in [0.2, 0.25) is 0 Å². The fourth-order valence-corrected chi connectivity index (χ4v) is 2.49. The van der Waals surface area contributed by atoms with Gasteiger partial charge in [0.05, 0.1) is 31.6 Å². The smallest absolute Gasteiger partial charge is 0.337 e. The SMILES string of the molecule is COC(=O)c1cc(Nc2ncnc(NNC(=O)c3ccco3)c2N)cc(C(=O)OC)c1. The maximum absolute atomic E-state index is 12.0. The van der Waals surface area contributed by atoms with Crippen LogP contribution in [-0.4, -0.2) is 42.0 Å². The zero-order valence-corrected chi connectivity index (χ0v) is 16.5. The van der Waals surface area contributed by atoms with Crippen LogP contribution in [0.15, 0.2) is 47.3 Å². The van der Waals surface area contributed by atoms with Crippen molar-refractivity contribution < 1.29 is 28.3 Å². The summed E-state index contributed by atoms with van der Waals surface area (Å²) in [6.07, 6.45) is 2.56. The summed E-state index contributed by atoms with van der Waals surface area (Å²) in [4.78, 5) is 43.9. The van der Waals surface area contributed by atoms with Crippen molar-refractivity contribution in [2.45, 2.75) is 0 Å². The van der Waals surface area contributed by atoms with Crippen molar-refractivity contribution in [1.29, 1.82) is 0 Å². The quantitative estimate of drug-likeness (QED) is 0.320. The summed E-state index contributed by atoms with van der Waals surface area (Å²) < 4.78 is 14.4. The molecule has 0 unspecified atom stereocenters. The highest BCUT2D eigenvalue weighted by atomic mass is 16.5. The molecule has 0 aliphatic carbocycles. The third-order valence-corrected chi connectivity index (χ3v) is 3.96. The van der Waals surface area contributed by atoms with Crippen LogP contribution in [0.3, 0.4) is 0 Å². The molecule has 1 amide bonds. The number of carbonyl (C=O) groups is 3. The van der Waals surface area contributed by atoms with Gasteiger partial charge in [-0.2, -0.15) is 0 Å². The molecule has 0 saturated heterocycles. The Hall–Kier alpha value is -4.61. The Kier molecular flexibility index (Phi) is 6.30. The molecule has 0 fully saturated rings. The number of anilines is 4. The second kappa shape index (κ2) is 9.26. The van der Waals surface area contributed by atoms with Crippen molar-refractivity contribution in [1.82, 2.24) is 15.4 Å². The molecule has 2 heterocycles. The molecule has 3 aromatic rings. The minimum Gasteiger partial charge on any atom is -0.465 e. The van der Waals surface area contributed by atoms with Crippen LogP contribution in [0.5, 0.6) is 0 Å². The van der Waals surface area contributed by atoms with Crippen molar-refractivity contribution in [3.05, 3.63) is 59.8 Å². The van der Waals surface area contributed by atoms with Crippen molar-refractivity contribution >= 4 is 40.9 Å². The van der Waals surface area contributed by atoms with Crippen LogP contribution in [0.2, 0.25) is 0 Å². The molecule has 3 rings (SSSR count). The number of hydrazine groups is 1. The van der Waals surface area contributed by atoms with Crippen LogP contribution in [-0.2, 0) is 9.47 Å². The summed E-state index contributed by atoms with van der Waals surface area (Å²) in [5.74, 6) is -1.48. The molecule has 160 valence electrons. The Morgan fingerprint density at radius 1 is 1.00 bits per heavy atom. The number of methoxy groups -OCH3 is 2. The minimum absolute atomic E-state index is 0.0605. The van der Waals surface area contributed by atoms with Gasteiger partial charge in [0.15, 0.2) is 17.4 Å². The summed E-state index contributed by atoms with van der Waals surface area (Å²) in [6, 6.07) is 7.29.